The quantitative estimate of drug-likeness (QED) is 0.609. The van der Waals surface area contributed by atoms with Gasteiger partial charge < -0.3 is 4.74 Å². The Morgan fingerprint density at radius 3 is 3.21 bits per heavy atom. The maximum absolute atomic E-state index is 5.28. The lowest BCUT2D eigenvalue weighted by atomic mass is 10.3. The molecule has 2 heterocycles. The van der Waals surface area contributed by atoms with Crippen LogP contribution in [-0.2, 0) is 0 Å². The molecule has 0 N–H and O–H groups in total. The van der Waals surface area contributed by atoms with Gasteiger partial charge in [-0.05, 0) is 12.1 Å². The number of nitrogens with zero attached hydrogens (tertiary/aromatic N) is 3. The van der Waals surface area contributed by atoms with Crippen LogP contribution in [0, 0.1) is 0 Å². The Bertz CT molecular complexity index is 598. The van der Waals surface area contributed by atoms with Gasteiger partial charge in [-0.1, -0.05) is 17.4 Å². The average Bonchev–Trinajstić information content (AvgIpc) is 2.76. The van der Waals surface area contributed by atoms with Gasteiger partial charge in [-0.2, -0.15) is 0 Å². The van der Waals surface area contributed by atoms with E-state index >= 15 is 0 Å². The number of rotatable bonds is 1. The second-order valence-electron chi connectivity index (χ2n) is 2.89. The smallest absolute Gasteiger partial charge is 0.217 e. The first-order valence-corrected chi connectivity index (χ1v) is 4.97. The SMILES string of the molecule is COc1cccc2c1sc1nncn12. The molecular weight excluding hydrogens is 198 g/mol. The van der Waals surface area contributed by atoms with E-state index in [1.54, 1.807) is 24.8 Å². The van der Waals surface area contributed by atoms with Crippen molar-refractivity contribution >= 4 is 26.5 Å². The monoisotopic (exact) mass is 205 g/mol. The predicted molar refractivity (Wildman–Crippen MR) is 54.9 cm³/mol. The van der Waals surface area contributed by atoms with E-state index < -0.39 is 0 Å². The Balaban J connectivity index is 2.54. The highest BCUT2D eigenvalue weighted by atomic mass is 32.1. The Morgan fingerprint density at radius 1 is 1.43 bits per heavy atom. The molecule has 4 nitrogen and oxygen atoms in total. The summed E-state index contributed by atoms with van der Waals surface area (Å²) >= 11 is 1.58. The summed E-state index contributed by atoms with van der Waals surface area (Å²) < 4.78 is 8.35. The van der Waals surface area contributed by atoms with Crippen molar-refractivity contribution in [1.82, 2.24) is 14.6 Å². The molecule has 0 atom stereocenters. The molecule has 0 bridgehead atoms. The Morgan fingerprint density at radius 2 is 2.36 bits per heavy atom. The summed E-state index contributed by atoms with van der Waals surface area (Å²) in [6.45, 7) is 0. The fourth-order valence-electron chi connectivity index (χ4n) is 1.51. The standard InChI is InChI=1S/C9H7N3OS/c1-13-7-4-2-3-6-8(7)14-9-11-10-5-12(6)9/h2-5H,1H3. The zero-order chi connectivity index (χ0) is 9.54. The van der Waals surface area contributed by atoms with Crippen LogP contribution in [0.15, 0.2) is 24.5 Å². The highest BCUT2D eigenvalue weighted by molar-refractivity contribution is 7.23. The van der Waals surface area contributed by atoms with E-state index in [9.17, 15) is 0 Å². The van der Waals surface area contributed by atoms with Crippen LogP contribution < -0.4 is 4.74 Å². The van der Waals surface area contributed by atoms with Gasteiger partial charge in [0.05, 0.1) is 17.3 Å². The Kier molecular flexibility index (Phi) is 1.49. The van der Waals surface area contributed by atoms with Crippen LogP contribution in [0.5, 0.6) is 5.75 Å². The molecule has 0 saturated carbocycles. The lowest BCUT2D eigenvalue weighted by Gasteiger charge is -1.98. The van der Waals surface area contributed by atoms with Crippen LogP contribution >= 0.6 is 11.3 Å². The predicted octanol–water partition coefficient (Wildman–Crippen LogP) is 1.95. The third-order valence-corrected chi connectivity index (χ3v) is 3.22. The molecule has 0 aliphatic rings. The molecule has 0 unspecified atom stereocenters. The third kappa shape index (κ3) is 0.871. The molecule has 0 amide bonds. The molecule has 0 fully saturated rings. The number of hydrogen-bond donors (Lipinski definition) is 0. The summed E-state index contributed by atoms with van der Waals surface area (Å²) in [4.78, 5) is 0.893. The van der Waals surface area contributed by atoms with Gasteiger partial charge in [-0.25, -0.2) is 0 Å². The number of thiazole rings is 1. The number of fused-ring (bicyclic) bond motifs is 3. The van der Waals surface area contributed by atoms with E-state index in [-0.39, 0.29) is 0 Å². The van der Waals surface area contributed by atoms with Crippen molar-refractivity contribution in [3.05, 3.63) is 24.5 Å². The van der Waals surface area contributed by atoms with Gasteiger partial charge in [0, 0.05) is 0 Å². The van der Waals surface area contributed by atoms with Gasteiger partial charge >= 0.3 is 0 Å². The number of aromatic nitrogens is 3. The maximum atomic E-state index is 5.28. The van der Waals surface area contributed by atoms with Crippen molar-refractivity contribution < 1.29 is 4.74 Å². The minimum Gasteiger partial charge on any atom is -0.495 e. The molecule has 0 saturated heterocycles. The van der Waals surface area contributed by atoms with Crippen LogP contribution in [0.2, 0.25) is 0 Å². The summed E-state index contributed by atoms with van der Waals surface area (Å²) in [5.41, 5.74) is 1.09. The Labute approximate surface area is 83.8 Å². The first-order valence-electron chi connectivity index (χ1n) is 4.15. The molecule has 3 aromatic rings. The molecule has 70 valence electrons. The van der Waals surface area contributed by atoms with E-state index in [1.165, 1.54) is 0 Å². The molecule has 0 aliphatic heterocycles. The van der Waals surface area contributed by atoms with E-state index in [2.05, 4.69) is 10.2 Å². The summed E-state index contributed by atoms with van der Waals surface area (Å²) in [5.74, 6) is 0.887. The molecule has 2 aromatic heterocycles. The number of ether oxygens (including phenoxy) is 1. The van der Waals surface area contributed by atoms with E-state index in [0.717, 1.165) is 20.9 Å². The highest BCUT2D eigenvalue weighted by Crippen LogP contribution is 2.32. The van der Waals surface area contributed by atoms with Crippen molar-refractivity contribution in [2.75, 3.05) is 7.11 Å². The van der Waals surface area contributed by atoms with Crippen LogP contribution in [0.25, 0.3) is 15.2 Å². The van der Waals surface area contributed by atoms with E-state index in [1.807, 2.05) is 22.6 Å². The van der Waals surface area contributed by atoms with E-state index in [4.69, 9.17) is 4.74 Å². The van der Waals surface area contributed by atoms with Gasteiger partial charge in [0.25, 0.3) is 0 Å². The first kappa shape index (κ1) is 7.75. The molecular formula is C9H7N3OS. The summed E-state index contributed by atoms with van der Waals surface area (Å²) in [6, 6.07) is 5.95. The highest BCUT2D eigenvalue weighted by Gasteiger charge is 2.09. The third-order valence-electron chi connectivity index (χ3n) is 2.15. The van der Waals surface area contributed by atoms with Gasteiger partial charge in [-0.15, -0.1) is 10.2 Å². The molecule has 0 spiro atoms. The number of methoxy groups -OCH3 is 1. The zero-order valence-corrected chi connectivity index (χ0v) is 8.28. The minimum atomic E-state index is 0.887. The minimum absolute atomic E-state index is 0.887. The first-order chi connectivity index (χ1) is 6.90. The number of benzene rings is 1. The summed E-state index contributed by atoms with van der Waals surface area (Å²) in [7, 11) is 1.68. The second kappa shape index (κ2) is 2.68. The van der Waals surface area contributed by atoms with Crippen LogP contribution in [-0.4, -0.2) is 21.7 Å². The summed E-state index contributed by atoms with van der Waals surface area (Å²) in [6.07, 6.45) is 1.72. The maximum Gasteiger partial charge on any atom is 0.217 e. The van der Waals surface area contributed by atoms with Crippen molar-refractivity contribution in [2.45, 2.75) is 0 Å². The van der Waals surface area contributed by atoms with Crippen molar-refractivity contribution in [2.24, 2.45) is 0 Å². The molecule has 0 aliphatic carbocycles. The van der Waals surface area contributed by atoms with E-state index in [0.29, 0.717) is 0 Å². The van der Waals surface area contributed by atoms with Crippen molar-refractivity contribution in [3.8, 4) is 5.75 Å². The second-order valence-corrected chi connectivity index (χ2v) is 3.87. The zero-order valence-electron chi connectivity index (χ0n) is 7.47. The molecule has 14 heavy (non-hydrogen) atoms. The van der Waals surface area contributed by atoms with Gasteiger partial charge in [-0.3, -0.25) is 4.40 Å². The average molecular weight is 205 g/mol. The Hall–Kier alpha value is -1.62. The van der Waals surface area contributed by atoms with Crippen LogP contribution in [0.3, 0.4) is 0 Å². The largest absolute Gasteiger partial charge is 0.495 e. The van der Waals surface area contributed by atoms with Gasteiger partial charge in [0.15, 0.2) is 0 Å². The van der Waals surface area contributed by atoms with Crippen molar-refractivity contribution in [1.29, 1.82) is 0 Å². The van der Waals surface area contributed by atoms with Crippen LogP contribution in [0.4, 0.5) is 0 Å². The van der Waals surface area contributed by atoms with Gasteiger partial charge in [0.1, 0.15) is 12.1 Å². The van der Waals surface area contributed by atoms with Crippen LogP contribution in [0.1, 0.15) is 0 Å². The fourth-order valence-corrected chi connectivity index (χ4v) is 2.55. The lowest BCUT2D eigenvalue weighted by Crippen LogP contribution is -1.83. The topological polar surface area (TPSA) is 39.4 Å². The fraction of sp³-hybridized carbons (Fsp3) is 0.111. The number of hydrogen-bond acceptors (Lipinski definition) is 4. The summed E-state index contributed by atoms with van der Waals surface area (Å²) in [5, 5.41) is 7.86. The van der Waals surface area contributed by atoms with Crippen molar-refractivity contribution in [3.63, 3.8) is 0 Å². The molecule has 0 radical (unpaired) electrons. The molecule has 1 aromatic carbocycles. The normalized spacial score (nSPS) is 11.2. The van der Waals surface area contributed by atoms with Gasteiger partial charge in [0.2, 0.25) is 4.96 Å². The lowest BCUT2D eigenvalue weighted by molar-refractivity contribution is 0.420. The molecule has 3 rings (SSSR count). The molecule has 5 heteroatoms.